The molecule has 1 aliphatic heterocycles. The average Bonchev–Trinajstić information content (AvgIpc) is 3.21. The molecule has 1 aromatic carbocycles. The Morgan fingerprint density at radius 3 is 2.60 bits per heavy atom. The van der Waals surface area contributed by atoms with Crippen LogP contribution in [0.15, 0.2) is 27.1 Å². The van der Waals surface area contributed by atoms with E-state index in [2.05, 4.69) is 37.2 Å². The molecule has 1 aliphatic carbocycles. The summed E-state index contributed by atoms with van der Waals surface area (Å²) in [5.41, 5.74) is 0.820. The molecule has 1 atom stereocenters. The molecule has 0 aromatic heterocycles. The number of carbonyl (C=O) groups excluding carboxylic acids is 2. The highest BCUT2D eigenvalue weighted by Crippen LogP contribution is 2.36. The van der Waals surface area contributed by atoms with Gasteiger partial charge in [-0.1, -0.05) is 15.9 Å². The molecule has 0 spiro atoms. The predicted octanol–water partition coefficient (Wildman–Crippen LogP) is 2.84. The number of halogens is 2. The van der Waals surface area contributed by atoms with Gasteiger partial charge in [0.15, 0.2) is 0 Å². The molecule has 2 fully saturated rings. The Bertz CT molecular complexity index is 572. The lowest BCUT2D eigenvalue weighted by molar-refractivity contribution is -0.126. The van der Waals surface area contributed by atoms with Crippen LogP contribution in [0, 0.1) is 5.92 Å². The molecular formula is C14H14Br2N2O2. The van der Waals surface area contributed by atoms with Crippen molar-refractivity contribution in [1.29, 1.82) is 0 Å². The minimum absolute atomic E-state index is 0.00127. The van der Waals surface area contributed by atoms with E-state index < -0.39 is 0 Å². The Morgan fingerprint density at radius 2 is 1.95 bits per heavy atom. The highest BCUT2D eigenvalue weighted by Gasteiger charge is 2.41. The van der Waals surface area contributed by atoms with Crippen LogP contribution in [0.2, 0.25) is 0 Å². The van der Waals surface area contributed by atoms with Crippen molar-refractivity contribution < 1.29 is 9.59 Å². The summed E-state index contributed by atoms with van der Waals surface area (Å²) in [5, 5.41) is 2.87. The number of nitrogens with zero attached hydrogens (tertiary/aromatic N) is 1. The zero-order valence-corrected chi connectivity index (χ0v) is 13.9. The monoisotopic (exact) mass is 400 g/mol. The van der Waals surface area contributed by atoms with Crippen LogP contribution in [0.5, 0.6) is 0 Å². The Balaban J connectivity index is 1.93. The van der Waals surface area contributed by atoms with Crippen LogP contribution in [0.25, 0.3) is 0 Å². The molecule has 1 heterocycles. The van der Waals surface area contributed by atoms with Crippen molar-refractivity contribution in [2.45, 2.75) is 25.3 Å². The number of hydrogen-bond donors (Lipinski definition) is 1. The first-order chi connectivity index (χ1) is 9.56. The second-order valence-electron chi connectivity index (χ2n) is 5.22. The average molecular weight is 402 g/mol. The molecule has 4 nitrogen and oxygen atoms in total. The standard InChI is InChI=1S/C14H14Br2N2O2/c15-9-3-4-11(10(16)7-9)18-6-5-12(19)17-13(14(18)20)8-1-2-8/h3-4,7-8,13H,1-2,5-6H2,(H,17,19). The van der Waals surface area contributed by atoms with E-state index in [0.717, 1.165) is 27.5 Å². The molecule has 6 heteroatoms. The molecule has 3 rings (SSSR count). The van der Waals surface area contributed by atoms with Gasteiger partial charge in [0.1, 0.15) is 6.04 Å². The third kappa shape index (κ3) is 2.76. The maximum Gasteiger partial charge on any atom is 0.249 e. The Kier molecular flexibility index (Phi) is 3.86. The van der Waals surface area contributed by atoms with Crippen LogP contribution in [-0.4, -0.2) is 24.4 Å². The van der Waals surface area contributed by atoms with E-state index in [9.17, 15) is 9.59 Å². The lowest BCUT2D eigenvalue weighted by atomic mass is 10.1. The molecule has 1 saturated heterocycles. The summed E-state index contributed by atoms with van der Waals surface area (Å²) in [4.78, 5) is 26.2. The van der Waals surface area contributed by atoms with E-state index in [1.807, 2.05) is 18.2 Å². The van der Waals surface area contributed by atoms with Crippen molar-refractivity contribution in [2.75, 3.05) is 11.4 Å². The van der Waals surface area contributed by atoms with Gasteiger partial charge in [0, 0.05) is 21.9 Å². The Labute approximate surface area is 134 Å². The van der Waals surface area contributed by atoms with Gasteiger partial charge in [-0.05, 0) is 52.9 Å². The zero-order valence-electron chi connectivity index (χ0n) is 10.7. The van der Waals surface area contributed by atoms with Gasteiger partial charge >= 0.3 is 0 Å². The molecule has 1 aromatic rings. The van der Waals surface area contributed by atoms with E-state index >= 15 is 0 Å². The number of rotatable bonds is 2. The third-order valence-electron chi connectivity index (χ3n) is 3.70. The predicted molar refractivity (Wildman–Crippen MR) is 83.5 cm³/mol. The quantitative estimate of drug-likeness (QED) is 0.828. The fourth-order valence-corrected chi connectivity index (χ4v) is 3.75. The molecule has 0 radical (unpaired) electrons. The topological polar surface area (TPSA) is 49.4 Å². The van der Waals surface area contributed by atoms with Gasteiger partial charge in [-0.3, -0.25) is 9.59 Å². The van der Waals surface area contributed by atoms with Gasteiger partial charge in [-0.25, -0.2) is 0 Å². The van der Waals surface area contributed by atoms with Crippen LogP contribution in [0.3, 0.4) is 0 Å². The van der Waals surface area contributed by atoms with Gasteiger partial charge in [0.05, 0.1) is 5.69 Å². The number of carbonyl (C=O) groups is 2. The van der Waals surface area contributed by atoms with Gasteiger partial charge in [-0.2, -0.15) is 0 Å². The Morgan fingerprint density at radius 1 is 1.20 bits per heavy atom. The second-order valence-corrected chi connectivity index (χ2v) is 6.99. The summed E-state index contributed by atoms with van der Waals surface area (Å²) in [7, 11) is 0. The maximum atomic E-state index is 12.7. The van der Waals surface area contributed by atoms with Crippen LogP contribution in [0.1, 0.15) is 19.3 Å². The number of amides is 2. The fraction of sp³-hybridized carbons (Fsp3) is 0.429. The lowest BCUT2D eigenvalue weighted by Crippen LogP contribution is -2.46. The molecule has 1 saturated carbocycles. The maximum absolute atomic E-state index is 12.7. The van der Waals surface area contributed by atoms with Crippen molar-refractivity contribution in [3.8, 4) is 0 Å². The largest absolute Gasteiger partial charge is 0.344 e. The van der Waals surface area contributed by atoms with Gasteiger partial charge in [0.2, 0.25) is 11.8 Å². The number of nitrogens with one attached hydrogen (secondary N) is 1. The molecule has 1 unspecified atom stereocenters. The van der Waals surface area contributed by atoms with Crippen molar-refractivity contribution >= 4 is 49.4 Å². The number of benzene rings is 1. The van der Waals surface area contributed by atoms with Gasteiger partial charge in [0.25, 0.3) is 0 Å². The lowest BCUT2D eigenvalue weighted by Gasteiger charge is -2.25. The molecule has 2 aliphatic rings. The summed E-state index contributed by atoms with van der Waals surface area (Å²) >= 11 is 6.90. The van der Waals surface area contributed by atoms with E-state index in [1.165, 1.54) is 0 Å². The van der Waals surface area contributed by atoms with Crippen molar-refractivity contribution in [2.24, 2.45) is 5.92 Å². The Hall–Kier alpha value is -0.880. The first-order valence-corrected chi connectivity index (χ1v) is 8.20. The normalized spacial score (nSPS) is 23.5. The van der Waals surface area contributed by atoms with Gasteiger partial charge in [-0.15, -0.1) is 0 Å². The molecule has 0 bridgehead atoms. The minimum atomic E-state index is -0.361. The van der Waals surface area contributed by atoms with Crippen LogP contribution in [-0.2, 0) is 9.59 Å². The highest BCUT2D eigenvalue weighted by molar-refractivity contribution is 9.11. The first kappa shape index (κ1) is 14.1. The van der Waals surface area contributed by atoms with Crippen LogP contribution < -0.4 is 10.2 Å². The second kappa shape index (κ2) is 5.48. The molecule has 2 amide bonds. The van der Waals surface area contributed by atoms with Crippen molar-refractivity contribution in [1.82, 2.24) is 5.32 Å². The summed E-state index contributed by atoms with van der Waals surface area (Å²) < 4.78 is 1.80. The smallest absolute Gasteiger partial charge is 0.249 e. The molecule has 1 N–H and O–H groups in total. The van der Waals surface area contributed by atoms with E-state index in [1.54, 1.807) is 4.90 Å². The minimum Gasteiger partial charge on any atom is -0.344 e. The van der Waals surface area contributed by atoms with Crippen LogP contribution in [0.4, 0.5) is 5.69 Å². The van der Waals surface area contributed by atoms with Crippen LogP contribution >= 0.6 is 31.9 Å². The van der Waals surface area contributed by atoms with E-state index in [-0.39, 0.29) is 17.9 Å². The third-order valence-corrected chi connectivity index (χ3v) is 4.83. The summed E-state index contributed by atoms with van der Waals surface area (Å²) in [6.45, 7) is 0.425. The SMILES string of the molecule is O=C1CCN(c2ccc(Br)cc2Br)C(=O)C(C2CC2)N1. The van der Waals surface area contributed by atoms with Gasteiger partial charge < -0.3 is 10.2 Å². The van der Waals surface area contributed by atoms with E-state index in [0.29, 0.717) is 18.9 Å². The van der Waals surface area contributed by atoms with Crippen molar-refractivity contribution in [3.05, 3.63) is 27.1 Å². The fourth-order valence-electron chi connectivity index (χ4n) is 2.49. The van der Waals surface area contributed by atoms with E-state index in [4.69, 9.17) is 0 Å². The number of hydrogen-bond acceptors (Lipinski definition) is 2. The first-order valence-electron chi connectivity index (χ1n) is 6.62. The zero-order chi connectivity index (χ0) is 14.3. The van der Waals surface area contributed by atoms with Crippen molar-refractivity contribution in [3.63, 3.8) is 0 Å². The summed E-state index contributed by atoms with van der Waals surface area (Å²) in [5.74, 6) is 0.272. The molecule has 106 valence electrons. The summed E-state index contributed by atoms with van der Waals surface area (Å²) in [6.07, 6.45) is 2.38. The number of anilines is 1. The molecular weight excluding hydrogens is 388 g/mol. The molecule has 20 heavy (non-hydrogen) atoms. The highest BCUT2D eigenvalue weighted by atomic mass is 79.9. The summed E-state index contributed by atoms with van der Waals surface area (Å²) in [6, 6.07) is 5.35.